The Labute approximate surface area is 479 Å². The summed E-state index contributed by atoms with van der Waals surface area (Å²) in [5, 5.41) is 0. The van der Waals surface area contributed by atoms with E-state index in [1.165, 1.54) is 231 Å². The lowest BCUT2D eigenvalue weighted by Gasteiger charge is -2.18. The van der Waals surface area contributed by atoms with E-state index in [2.05, 4.69) is 81.5 Å². The van der Waals surface area contributed by atoms with Gasteiger partial charge in [0.05, 0.1) is 0 Å². The lowest BCUT2D eigenvalue weighted by Crippen LogP contribution is -2.30. The Morgan fingerprint density at radius 1 is 0.260 bits per heavy atom. The minimum absolute atomic E-state index is 0.0778. The third kappa shape index (κ3) is 63.8. The molecule has 1 atom stereocenters. The first-order chi connectivity index (χ1) is 38.0. The van der Waals surface area contributed by atoms with Gasteiger partial charge in [-0.25, -0.2) is 0 Å². The molecule has 0 aliphatic heterocycles. The van der Waals surface area contributed by atoms with Gasteiger partial charge in [-0.2, -0.15) is 0 Å². The van der Waals surface area contributed by atoms with E-state index < -0.39 is 6.10 Å². The molecule has 0 heterocycles. The van der Waals surface area contributed by atoms with E-state index in [-0.39, 0.29) is 31.1 Å². The van der Waals surface area contributed by atoms with E-state index in [1.54, 1.807) is 0 Å². The zero-order valence-electron chi connectivity index (χ0n) is 51.5. The quantitative estimate of drug-likeness (QED) is 0.0261. The van der Waals surface area contributed by atoms with Gasteiger partial charge in [-0.1, -0.05) is 293 Å². The molecule has 0 aliphatic carbocycles. The van der Waals surface area contributed by atoms with Crippen molar-refractivity contribution in [1.29, 1.82) is 0 Å². The lowest BCUT2D eigenvalue weighted by atomic mass is 10.0. The smallest absolute Gasteiger partial charge is 0.306 e. The SMILES string of the molecule is CCCC/C=C\CCCCCCCC(=O)OCC(COC(=O)CCCCCCCCCCCCCCC/C=C\CCCCCCCCCC)OC(=O)CCCCCCCCCC/C=C\C/C=C\C/C=C\CCCCCCC. The minimum atomic E-state index is -0.782. The lowest BCUT2D eigenvalue weighted by molar-refractivity contribution is -0.167. The summed E-state index contributed by atoms with van der Waals surface area (Å²) in [6, 6.07) is 0. The van der Waals surface area contributed by atoms with Crippen LogP contribution in [-0.4, -0.2) is 37.2 Å². The van der Waals surface area contributed by atoms with Crippen molar-refractivity contribution in [2.45, 2.75) is 361 Å². The summed E-state index contributed by atoms with van der Waals surface area (Å²) in [6.45, 7) is 6.62. The Morgan fingerprint density at radius 3 is 0.779 bits per heavy atom. The first-order valence-corrected chi connectivity index (χ1v) is 33.8. The predicted octanol–water partition coefficient (Wildman–Crippen LogP) is 23.1. The number of allylic oxidation sites excluding steroid dienone is 10. The molecule has 0 N–H and O–H groups in total. The molecule has 0 saturated carbocycles. The molecule has 1 unspecified atom stereocenters. The molecule has 77 heavy (non-hydrogen) atoms. The van der Waals surface area contributed by atoms with E-state index in [4.69, 9.17) is 14.2 Å². The molecule has 0 fully saturated rings. The van der Waals surface area contributed by atoms with Crippen LogP contribution in [0.5, 0.6) is 0 Å². The Hall–Kier alpha value is -2.89. The summed E-state index contributed by atoms with van der Waals surface area (Å²) in [7, 11) is 0. The molecule has 0 amide bonds. The molecule has 0 spiro atoms. The fraction of sp³-hybridized carbons (Fsp3) is 0.817. The van der Waals surface area contributed by atoms with Gasteiger partial charge in [0.2, 0.25) is 0 Å². The largest absolute Gasteiger partial charge is 0.462 e. The number of hydrogen-bond donors (Lipinski definition) is 0. The highest BCUT2D eigenvalue weighted by molar-refractivity contribution is 5.71. The maximum absolute atomic E-state index is 12.9. The molecule has 6 heteroatoms. The molecule has 0 saturated heterocycles. The van der Waals surface area contributed by atoms with Crippen molar-refractivity contribution in [1.82, 2.24) is 0 Å². The molecule has 0 aromatic rings. The Bertz CT molecular complexity index is 1380. The highest BCUT2D eigenvalue weighted by atomic mass is 16.6. The van der Waals surface area contributed by atoms with E-state index in [0.29, 0.717) is 19.3 Å². The van der Waals surface area contributed by atoms with Gasteiger partial charge in [-0.05, 0) is 103 Å². The van der Waals surface area contributed by atoms with Crippen molar-refractivity contribution in [2.24, 2.45) is 0 Å². The summed E-state index contributed by atoms with van der Waals surface area (Å²) >= 11 is 0. The number of hydrogen-bond acceptors (Lipinski definition) is 6. The maximum Gasteiger partial charge on any atom is 0.306 e. The van der Waals surface area contributed by atoms with Crippen molar-refractivity contribution in [3.63, 3.8) is 0 Å². The van der Waals surface area contributed by atoms with Crippen molar-refractivity contribution < 1.29 is 28.6 Å². The molecular formula is C71H128O6. The van der Waals surface area contributed by atoms with E-state index >= 15 is 0 Å². The predicted molar refractivity (Wildman–Crippen MR) is 335 cm³/mol. The molecule has 6 nitrogen and oxygen atoms in total. The number of unbranched alkanes of at least 4 members (excludes halogenated alkanes) is 41. The average Bonchev–Trinajstić information content (AvgIpc) is 3.43. The fourth-order valence-electron chi connectivity index (χ4n) is 9.84. The van der Waals surface area contributed by atoms with Crippen molar-refractivity contribution in [3.05, 3.63) is 60.8 Å². The Kier molecular flexibility index (Phi) is 63.2. The Balaban J connectivity index is 4.24. The molecule has 448 valence electrons. The van der Waals surface area contributed by atoms with E-state index in [9.17, 15) is 14.4 Å². The van der Waals surface area contributed by atoms with Crippen LogP contribution in [0.3, 0.4) is 0 Å². The third-order valence-electron chi connectivity index (χ3n) is 15.0. The monoisotopic (exact) mass is 1080 g/mol. The molecule has 0 aromatic heterocycles. The van der Waals surface area contributed by atoms with Crippen molar-refractivity contribution in [3.8, 4) is 0 Å². The zero-order chi connectivity index (χ0) is 55.7. The van der Waals surface area contributed by atoms with Crippen LogP contribution in [0.2, 0.25) is 0 Å². The van der Waals surface area contributed by atoms with Gasteiger partial charge >= 0.3 is 17.9 Å². The van der Waals surface area contributed by atoms with Crippen molar-refractivity contribution in [2.75, 3.05) is 13.2 Å². The topological polar surface area (TPSA) is 78.9 Å². The summed E-state index contributed by atoms with van der Waals surface area (Å²) in [6.07, 6.45) is 83.9. The molecule has 0 aliphatic rings. The highest BCUT2D eigenvalue weighted by Gasteiger charge is 2.19. The van der Waals surface area contributed by atoms with Crippen LogP contribution in [0.1, 0.15) is 355 Å². The van der Waals surface area contributed by atoms with Gasteiger partial charge in [0.25, 0.3) is 0 Å². The van der Waals surface area contributed by atoms with Gasteiger partial charge < -0.3 is 14.2 Å². The van der Waals surface area contributed by atoms with Crippen molar-refractivity contribution >= 4 is 17.9 Å². The maximum atomic E-state index is 12.9. The highest BCUT2D eigenvalue weighted by Crippen LogP contribution is 2.17. The van der Waals surface area contributed by atoms with Gasteiger partial charge in [-0.3, -0.25) is 14.4 Å². The number of carbonyl (C=O) groups excluding carboxylic acids is 3. The summed E-state index contributed by atoms with van der Waals surface area (Å²) < 4.78 is 16.9. The normalized spacial score (nSPS) is 12.4. The van der Waals surface area contributed by atoms with Gasteiger partial charge in [0.1, 0.15) is 13.2 Å². The van der Waals surface area contributed by atoms with Crippen LogP contribution in [-0.2, 0) is 28.6 Å². The van der Waals surface area contributed by atoms with Gasteiger partial charge in [0, 0.05) is 19.3 Å². The molecular weight excluding hydrogens is 949 g/mol. The van der Waals surface area contributed by atoms with Crippen LogP contribution >= 0.6 is 0 Å². The number of ether oxygens (including phenoxy) is 3. The second-order valence-electron chi connectivity index (χ2n) is 22.7. The number of carbonyl (C=O) groups is 3. The Morgan fingerprint density at radius 2 is 0.481 bits per heavy atom. The minimum Gasteiger partial charge on any atom is -0.462 e. The first-order valence-electron chi connectivity index (χ1n) is 33.8. The molecule has 0 bridgehead atoms. The van der Waals surface area contributed by atoms with Gasteiger partial charge in [-0.15, -0.1) is 0 Å². The summed E-state index contributed by atoms with van der Waals surface area (Å²) in [5.41, 5.74) is 0. The van der Waals surface area contributed by atoms with Gasteiger partial charge in [0.15, 0.2) is 6.10 Å². The number of rotatable bonds is 62. The van der Waals surface area contributed by atoms with E-state index in [1.807, 2.05) is 0 Å². The zero-order valence-corrected chi connectivity index (χ0v) is 51.5. The second-order valence-corrected chi connectivity index (χ2v) is 22.7. The molecule has 0 aromatic carbocycles. The average molecular weight is 1080 g/mol. The van der Waals surface area contributed by atoms with Crippen LogP contribution in [0.25, 0.3) is 0 Å². The first kappa shape index (κ1) is 74.1. The van der Waals surface area contributed by atoms with E-state index in [0.717, 1.165) is 83.5 Å². The molecule has 0 rings (SSSR count). The number of esters is 3. The second kappa shape index (κ2) is 65.6. The molecule has 0 radical (unpaired) electrons. The van der Waals surface area contributed by atoms with Crippen LogP contribution in [0, 0.1) is 0 Å². The van der Waals surface area contributed by atoms with Crippen LogP contribution in [0.15, 0.2) is 60.8 Å². The summed E-state index contributed by atoms with van der Waals surface area (Å²) in [5.74, 6) is -0.878. The summed E-state index contributed by atoms with van der Waals surface area (Å²) in [4.78, 5) is 38.3. The fourth-order valence-corrected chi connectivity index (χ4v) is 9.84. The third-order valence-corrected chi connectivity index (χ3v) is 15.0. The van der Waals surface area contributed by atoms with Crippen LogP contribution < -0.4 is 0 Å². The van der Waals surface area contributed by atoms with Crippen LogP contribution in [0.4, 0.5) is 0 Å². The standard InChI is InChI=1S/C71H128O6/c1-4-7-10-13-16-19-22-24-26-28-30-32-34-35-37-38-40-42-44-46-49-52-55-58-61-64-70(73)76-67-68(66-75-69(72)63-60-57-54-51-48-21-18-15-12-9-6-3)77-71(74)65-62-59-56-53-50-47-45-43-41-39-36-33-31-29-27-25-23-20-17-14-11-8-5-2/h15,18,23,25,28-31,36,39,68H,4-14,16-17,19-22,24,26-27,32-35,37-38,40-67H2,1-3H3/b18-15-,25-23-,30-28-,31-29-,39-36-.